The first-order chi connectivity index (χ1) is 14.8. The minimum absolute atomic E-state index is 0. The molecule has 7 nitrogen and oxygen atoms in total. The summed E-state index contributed by atoms with van der Waals surface area (Å²) in [6.07, 6.45) is -4.76. The highest BCUT2D eigenvalue weighted by molar-refractivity contribution is 14.0. The largest absolute Gasteiger partial charge is 0.573 e. The van der Waals surface area contributed by atoms with Crippen molar-refractivity contribution in [2.24, 2.45) is 4.99 Å². The van der Waals surface area contributed by atoms with Crippen LogP contribution >= 0.6 is 24.0 Å². The van der Waals surface area contributed by atoms with Crippen molar-refractivity contribution in [3.8, 4) is 23.0 Å². The van der Waals surface area contributed by atoms with Gasteiger partial charge in [0.25, 0.3) is 0 Å². The number of para-hydroxylation sites is 1. The molecule has 0 atom stereocenters. The Hall–Kier alpha value is -2.57. The summed E-state index contributed by atoms with van der Waals surface area (Å²) in [5.74, 6) is 1.65. The second-order valence-electron chi connectivity index (χ2n) is 6.24. The molecule has 0 spiro atoms. The van der Waals surface area contributed by atoms with Crippen LogP contribution in [-0.2, 0) is 13.1 Å². The van der Waals surface area contributed by atoms with E-state index >= 15 is 0 Å². The van der Waals surface area contributed by atoms with Crippen molar-refractivity contribution < 1.29 is 32.1 Å². The van der Waals surface area contributed by atoms with Crippen LogP contribution in [0.25, 0.3) is 0 Å². The van der Waals surface area contributed by atoms with Gasteiger partial charge in [0.05, 0.1) is 27.9 Å². The lowest BCUT2D eigenvalue weighted by molar-refractivity contribution is -0.274. The standard InChI is InChI=1S/C21H26F3N3O4.HI/c1-5-25-20(27-13-15-8-6-7-9-16(15)31-21(22,23)24)26-12-14-10-17(28-2)19(30-4)18(11-14)29-3;/h6-11H,5,12-13H2,1-4H3,(H2,25,26,27);1H. The van der Waals surface area contributed by atoms with Gasteiger partial charge in [0.2, 0.25) is 5.75 Å². The van der Waals surface area contributed by atoms with Crippen molar-refractivity contribution >= 4 is 29.9 Å². The molecule has 0 unspecified atom stereocenters. The van der Waals surface area contributed by atoms with Gasteiger partial charge in [0.1, 0.15) is 5.75 Å². The van der Waals surface area contributed by atoms with Crippen molar-refractivity contribution in [2.45, 2.75) is 26.4 Å². The number of guanidine groups is 1. The number of rotatable bonds is 9. The molecule has 2 N–H and O–H groups in total. The maximum absolute atomic E-state index is 12.6. The van der Waals surface area contributed by atoms with Crippen LogP contribution in [0, 0.1) is 0 Å². The Balaban J connectivity index is 0.00000512. The third-order valence-electron chi connectivity index (χ3n) is 4.13. The Morgan fingerprint density at radius 3 is 2.09 bits per heavy atom. The smallest absolute Gasteiger partial charge is 0.493 e. The van der Waals surface area contributed by atoms with Crippen LogP contribution in [0.4, 0.5) is 13.2 Å². The van der Waals surface area contributed by atoms with Crippen LogP contribution in [0.2, 0.25) is 0 Å². The topological polar surface area (TPSA) is 73.3 Å². The lowest BCUT2D eigenvalue weighted by Crippen LogP contribution is -2.37. The predicted octanol–water partition coefficient (Wildman–Crippen LogP) is 4.48. The number of methoxy groups -OCH3 is 3. The van der Waals surface area contributed by atoms with Gasteiger partial charge in [0.15, 0.2) is 17.5 Å². The zero-order valence-electron chi connectivity index (χ0n) is 18.2. The normalized spacial score (nSPS) is 11.3. The van der Waals surface area contributed by atoms with Crippen molar-refractivity contribution in [2.75, 3.05) is 27.9 Å². The van der Waals surface area contributed by atoms with Gasteiger partial charge in [0, 0.05) is 18.7 Å². The van der Waals surface area contributed by atoms with Crippen molar-refractivity contribution in [3.05, 3.63) is 47.5 Å². The Kier molecular flexibility index (Phi) is 11.2. The molecule has 2 aromatic carbocycles. The van der Waals surface area contributed by atoms with E-state index in [-0.39, 0.29) is 42.8 Å². The van der Waals surface area contributed by atoms with Gasteiger partial charge < -0.3 is 29.6 Å². The van der Waals surface area contributed by atoms with Crippen LogP contribution in [0.15, 0.2) is 41.4 Å². The maximum Gasteiger partial charge on any atom is 0.573 e. The molecule has 0 fully saturated rings. The van der Waals surface area contributed by atoms with E-state index in [9.17, 15) is 13.2 Å². The molecular formula is C21H27F3IN3O4. The molecule has 11 heteroatoms. The van der Waals surface area contributed by atoms with Gasteiger partial charge in [-0.1, -0.05) is 18.2 Å². The molecule has 2 rings (SSSR count). The fourth-order valence-corrected chi connectivity index (χ4v) is 2.79. The van der Waals surface area contributed by atoms with Gasteiger partial charge in [-0.2, -0.15) is 0 Å². The van der Waals surface area contributed by atoms with E-state index in [2.05, 4.69) is 20.4 Å². The van der Waals surface area contributed by atoms with E-state index in [1.807, 2.05) is 6.92 Å². The van der Waals surface area contributed by atoms with Gasteiger partial charge in [-0.25, -0.2) is 4.99 Å². The zero-order chi connectivity index (χ0) is 22.9. The minimum atomic E-state index is -4.76. The van der Waals surface area contributed by atoms with Crippen LogP contribution in [0.5, 0.6) is 23.0 Å². The fraction of sp³-hybridized carbons (Fsp3) is 0.381. The van der Waals surface area contributed by atoms with Crippen molar-refractivity contribution in [1.29, 1.82) is 0 Å². The second kappa shape index (κ2) is 13.1. The van der Waals surface area contributed by atoms with Crippen LogP contribution in [0.1, 0.15) is 18.1 Å². The molecule has 0 bridgehead atoms. The number of benzene rings is 2. The summed E-state index contributed by atoms with van der Waals surface area (Å²) in [6.45, 7) is 2.82. The molecule has 32 heavy (non-hydrogen) atoms. The summed E-state index contributed by atoms with van der Waals surface area (Å²) in [5.41, 5.74) is 1.14. The Morgan fingerprint density at radius 2 is 1.56 bits per heavy atom. The first kappa shape index (κ1) is 27.5. The van der Waals surface area contributed by atoms with Gasteiger partial charge in [-0.15, -0.1) is 37.1 Å². The highest BCUT2D eigenvalue weighted by atomic mass is 127. The summed E-state index contributed by atoms with van der Waals surface area (Å²) in [6, 6.07) is 9.50. The zero-order valence-corrected chi connectivity index (χ0v) is 20.5. The van der Waals surface area contributed by atoms with E-state index in [0.29, 0.717) is 35.3 Å². The number of alkyl halides is 3. The van der Waals surface area contributed by atoms with E-state index in [0.717, 1.165) is 5.56 Å². The lowest BCUT2D eigenvalue weighted by Gasteiger charge is -2.16. The Bertz CT molecular complexity index is 870. The summed E-state index contributed by atoms with van der Waals surface area (Å²) in [7, 11) is 4.57. The number of hydrogen-bond acceptors (Lipinski definition) is 5. The number of nitrogens with one attached hydrogen (secondary N) is 2. The number of aliphatic imine (C=N–C) groups is 1. The number of hydrogen-bond donors (Lipinski definition) is 2. The van der Waals surface area contributed by atoms with E-state index in [1.165, 1.54) is 33.5 Å². The average molecular weight is 569 g/mol. The molecule has 0 aliphatic carbocycles. The first-order valence-electron chi connectivity index (χ1n) is 9.46. The molecule has 0 aliphatic rings. The first-order valence-corrected chi connectivity index (χ1v) is 9.46. The fourth-order valence-electron chi connectivity index (χ4n) is 2.79. The predicted molar refractivity (Wildman–Crippen MR) is 126 cm³/mol. The third-order valence-corrected chi connectivity index (χ3v) is 4.13. The summed E-state index contributed by atoms with van der Waals surface area (Å²) in [4.78, 5) is 4.49. The molecular weight excluding hydrogens is 542 g/mol. The summed E-state index contributed by atoms with van der Waals surface area (Å²) < 4.78 is 57.9. The Labute approximate surface area is 202 Å². The second-order valence-corrected chi connectivity index (χ2v) is 6.24. The number of nitrogens with zero attached hydrogens (tertiary/aromatic N) is 1. The van der Waals surface area contributed by atoms with Crippen molar-refractivity contribution in [3.63, 3.8) is 0 Å². The monoisotopic (exact) mass is 569 g/mol. The van der Waals surface area contributed by atoms with Gasteiger partial charge in [-0.3, -0.25) is 0 Å². The van der Waals surface area contributed by atoms with Crippen LogP contribution < -0.4 is 29.6 Å². The van der Waals surface area contributed by atoms with E-state index in [4.69, 9.17) is 14.2 Å². The minimum Gasteiger partial charge on any atom is -0.493 e. The summed E-state index contributed by atoms with van der Waals surface area (Å²) in [5, 5.41) is 6.08. The van der Waals surface area contributed by atoms with Crippen LogP contribution in [-0.4, -0.2) is 40.2 Å². The quantitative estimate of drug-likeness (QED) is 0.264. The van der Waals surface area contributed by atoms with E-state index < -0.39 is 6.36 Å². The molecule has 0 radical (unpaired) electrons. The van der Waals surface area contributed by atoms with E-state index in [1.54, 1.807) is 24.3 Å². The highest BCUT2D eigenvalue weighted by Crippen LogP contribution is 2.38. The number of ether oxygens (including phenoxy) is 4. The molecule has 0 amide bonds. The van der Waals surface area contributed by atoms with Gasteiger partial charge >= 0.3 is 6.36 Å². The molecule has 0 aromatic heterocycles. The van der Waals surface area contributed by atoms with Crippen LogP contribution in [0.3, 0.4) is 0 Å². The lowest BCUT2D eigenvalue weighted by atomic mass is 10.2. The SMILES string of the molecule is CCNC(=NCc1cc(OC)c(OC)c(OC)c1)NCc1ccccc1OC(F)(F)F.I. The molecule has 0 saturated carbocycles. The average Bonchev–Trinajstić information content (AvgIpc) is 2.74. The summed E-state index contributed by atoms with van der Waals surface area (Å²) >= 11 is 0. The molecule has 2 aromatic rings. The molecule has 0 heterocycles. The van der Waals surface area contributed by atoms with Crippen molar-refractivity contribution in [1.82, 2.24) is 10.6 Å². The maximum atomic E-state index is 12.6. The third kappa shape index (κ3) is 8.17. The highest BCUT2D eigenvalue weighted by Gasteiger charge is 2.31. The molecule has 0 saturated heterocycles. The van der Waals surface area contributed by atoms with Gasteiger partial charge in [-0.05, 0) is 30.7 Å². The number of halogens is 4. The molecule has 0 aliphatic heterocycles. The Morgan fingerprint density at radius 1 is 0.938 bits per heavy atom. The molecule has 178 valence electrons.